The van der Waals surface area contributed by atoms with Crippen LogP contribution in [-0.2, 0) is 0 Å². The molecular weight excluding hydrogens is 362 g/mol. The zero-order valence-corrected chi connectivity index (χ0v) is 16.0. The number of aromatic nitrogens is 2. The number of carbonyl (C=O) groups is 1. The highest BCUT2D eigenvalue weighted by atomic mass is 32.2. The van der Waals surface area contributed by atoms with Crippen LogP contribution in [0.25, 0.3) is 11.3 Å². The highest BCUT2D eigenvalue weighted by molar-refractivity contribution is 8.00. The largest absolute Gasteiger partial charge is 0.481 e. The van der Waals surface area contributed by atoms with Crippen LogP contribution in [-0.4, -0.2) is 28.2 Å². The first-order valence-corrected chi connectivity index (χ1v) is 9.05. The summed E-state index contributed by atoms with van der Waals surface area (Å²) in [6, 6.07) is 14.5. The van der Waals surface area contributed by atoms with Crippen molar-refractivity contribution in [1.82, 2.24) is 9.97 Å². The van der Waals surface area contributed by atoms with Gasteiger partial charge in [0.2, 0.25) is 11.8 Å². The van der Waals surface area contributed by atoms with Crippen molar-refractivity contribution in [3.05, 3.63) is 65.2 Å². The molecule has 0 unspecified atom stereocenters. The average Bonchev–Trinajstić information content (AvgIpc) is 2.66. The van der Waals surface area contributed by atoms with Gasteiger partial charge in [-0.3, -0.25) is 4.72 Å². The summed E-state index contributed by atoms with van der Waals surface area (Å²) >= 11 is 1.24. The summed E-state index contributed by atoms with van der Waals surface area (Å²) in [6.07, 6.45) is 0. The lowest BCUT2D eigenvalue weighted by Crippen LogP contribution is -2.01. The molecule has 0 aliphatic carbocycles. The molecule has 0 saturated carbocycles. The Bertz CT molecular complexity index is 972. The van der Waals surface area contributed by atoms with Crippen LogP contribution >= 0.6 is 11.9 Å². The van der Waals surface area contributed by atoms with E-state index in [0.29, 0.717) is 11.8 Å². The summed E-state index contributed by atoms with van der Waals surface area (Å²) < 4.78 is 8.39. The number of aryl methyl sites for hydroxylation is 2. The van der Waals surface area contributed by atoms with Gasteiger partial charge in [-0.2, -0.15) is 4.98 Å². The Morgan fingerprint density at radius 2 is 1.78 bits per heavy atom. The van der Waals surface area contributed by atoms with Crippen LogP contribution in [0.2, 0.25) is 0 Å². The number of hydrogen-bond acceptors (Lipinski definition) is 6. The van der Waals surface area contributed by atoms with Gasteiger partial charge in [-0.25, -0.2) is 9.78 Å². The smallest absolute Gasteiger partial charge is 0.335 e. The minimum atomic E-state index is -0.965. The Morgan fingerprint density at radius 1 is 1.07 bits per heavy atom. The van der Waals surface area contributed by atoms with E-state index < -0.39 is 5.97 Å². The van der Waals surface area contributed by atoms with Gasteiger partial charge in [-0.1, -0.05) is 24.3 Å². The fourth-order valence-corrected chi connectivity index (χ4v) is 3.35. The molecule has 0 spiro atoms. The van der Waals surface area contributed by atoms with Gasteiger partial charge >= 0.3 is 5.97 Å². The second kappa shape index (κ2) is 8.09. The summed E-state index contributed by atoms with van der Waals surface area (Å²) in [5.74, 6) is -0.129. The third-order valence-electron chi connectivity index (χ3n) is 3.99. The maximum absolute atomic E-state index is 11.1. The van der Waals surface area contributed by atoms with Crippen molar-refractivity contribution in [2.24, 2.45) is 0 Å². The summed E-state index contributed by atoms with van der Waals surface area (Å²) in [5.41, 5.74) is 4.26. The van der Waals surface area contributed by atoms with Crippen molar-refractivity contribution in [3.63, 3.8) is 0 Å². The first-order valence-electron chi connectivity index (χ1n) is 8.24. The topological polar surface area (TPSA) is 84.3 Å². The second-order valence-electron chi connectivity index (χ2n) is 5.92. The minimum Gasteiger partial charge on any atom is -0.481 e. The molecule has 1 aromatic heterocycles. The third kappa shape index (κ3) is 4.38. The maximum Gasteiger partial charge on any atom is 0.335 e. The number of benzene rings is 2. The molecule has 0 amide bonds. The molecule has 0 bridgehead atoms. The Hall–Kier alpha value is -3.06. The van der Waals surface area contributed by atoms with Crippen molar-refractivity contribution < 1.29 is 14.6 Å². The number of hydrogen-bond donors (Lipinski definition) is 2. The molecule has 2 N–H and O–H groups in total. The standard InChI is InChI=1S/C20H19N3O3S/c1-12-6-4-7-13(2)18(12)16-11-17(26-3)22-20(21-16)23-27-15-9-5-8-14(10-15)19(24)25/h4-11H,1-3H3,(H,24,25)(H,21,22,23). The lowest BCUT2D eigenvalue weighted by atomic mass is 10.00. The molecular formula is C20H19N3O3S. The van der Waals surface area contributed by atoms with Crippen molar-refractivity contribution in [3.8, 4) is 17.1 Å². The molecule has 138 valence electrons. The number of ether oxygens (including phenoxy) is 1. The Kier molecular flexibility index (Phi) is 5.61. The van der Waals surface area contributed by atoms with E-state index in [-0.39, 0.29) is 5.56 Å². The number of aromatic carboxylic acids is 1. The van der Waals surface area contributed by atoms with E-state index in [9.17, 15) is 4.79 Å². The van der Waals surface area contributed by atoms with Gasteiger partial charge in [0.25, 0.3) is 0 Å². The molecule has 27 heavy (non-hydrogen) atoms. The molecule has 0 radical (unpaired) electrons. The highest BCUT2D eigenvalue weighted by Gasteiger charge is 2.12. The number of nitrogens with zero attached hydrogens (tertiary/aromatic N) is 2. The molecule has 0 saturated heterocycles. The molecule has 3 aromatic rings. The maximum atomic E-state index is 11.1. The van der Waals surface area contributed by atoms with Gasteiger partial charge in [0.05, 0.1) is 18.4 Å². The fourth-order valence-electron chi connectivity index (χ4n) is 2.72. The molecule has 1 heterocycles. The van der Waals surface area contributed by atoms with E-state index in [1.54, 1.807) is 31.4 Å². The van der Waals surface area contributed by atoms with Crippen LogP contribution in [0.3, 0.4) is 0 Å². The van der Waals surface area contributed by atoms with Gasteiger partial charge < -0.3 is 9.84 Å². The number of methoxy groups -OCH3 is 1. The normalized spacial score (nSPS) is 10.5. The van der Waals surface area contributed by atoms with Crippen molar-refractivity contribution >= 4 is 23.9 Å². The van der Waals surface area contributed by atoms with Crippen molar-refractivity contribution in [1.29, 1.82) is 0 Å². The molecule has 3 rings (SSSR count). The monoisotopic (exact) mass is 381 g/mol. The van der Waals surface area contributed by atoms with Gasteiger partial charge in [0.15, 0.2) is 0 Å². The summed E-state index contributed by atoms with van der Waals surface area (Å²) in [7, 11) is 1.56. The van der Waals surface area contributed by atoms with Gasteiger partial charge in [-0.05, 0) is 55.1 Å². The quantitative estimate of drug-likeness (QED) is 0.604. The Labute approximate surface area is 161 Å². The number of nitrogens with one attached hydrogen (secondary N) is 1. The van der Waals surface area contributed by atoms with E-state index >= 15 is 0 Å². The number of carboxylic acids is 1. The molecule has 0 aliphatic heterocycles. The molecule has 0 atom stereocenters. The molecule has 0 fully saturated rings. The van der Waals surface area contributed by atoms with Crippen LogP contribution in [0.1, 0.15) is 21.5 Å². The Morgan fingerprint density at radius 3 is 2.44 bits per heavy atom. The van der Waals surface area contributed by atoms with E-state index in [1.807, 2.05) is 38.1 Å². The predicted octanol–water partition coefficient (Wildman–Crippen LogP) is 4.59. The van der Waals surface area contributed by atoms with Crippen LogP contribution in [0, 0.1) is 13.8 Å². The van der Waals surface area contributed by atoms with E-state index in [2.05, 4.69) is 14.7 Å². The third-order valence-corrected chi connectivity index (χ3v) is 4.76. The minimum absolute atomic E-state index is 0.226. The average molecular weight is 381 g/mol. The number of carboxylic acid groups (broad SMARTS) is 1. The predicted molar refractivity (Wildman–Crippen MR) is 106 cm³/mol. The van der Waals surface area contributed by atoms with Gasteiger partial charge in [0.1, 0.15) is 0 Å². The number of rotatable bonds is 6. The zero-order chi connectivity index (χ0) is 19.4. The first-order chi connectivity index (χ1) is 13.0. The molecule has 2 aromatic carbocycles. The van der Waals surface area contributed by atoms with Gasteiger partial charge in [-0.15, -0.1) is 0 Å². The van der Waals surface area contributed by atoms with Crippen molar-refractivity contribution in [2.75, 3.05) is 11.8 Å². The van der Waals surface area contributed by atoms with Crippen LogP contribution in [0.15, 0.2) is 53.4 Å². The van der Waals surface area contributed by atoms with Crippen molar-refractivity contribution in [2.45, 2.75) is 18.7 Å². The molecule has 6 nitrogen and oxygen atoms in total. The van der Waals surface area contributed by atoms with Crippen LogP contribution in [0.5, 0.6) is 5.88 Å². The number of anilines is 1. The van der Waals surface area contributed by atoms with Gasteiger partial charge in [0, 0.05) is 16.5 Å². The fraction of sp³-hybridized carbons (Fsp3) is 0.150. The molecule has 0 aliphatic rings. The Balaban J connectivity index is 1.90. The summed E-state index contributed by atoms with van der Waals surface area (Å²) in [6.45, 7) is 4.08. The SMILES string of the molecule is COc1cc(-c2c(C)cccc2C)nc(NSc2cccc(C(=O)O)c2)n1. The summed E-state index contributed by atoms with van der Waals surface area (Å²) in [5, 5.41) is 9.11. The van der Waals surface area contributed by atoms with E-state index in [1.165, 1.54) is 11.9 Å². The summed E-state index contributed by atoms with van der Waals surface area (Å²) in [4.78, 5) is 20.8. The van der Waals surface area contributed by atoms with E-state index in [4.69, 9.17) is 9.84 Å². The van der Waals surface area contributed by atoms with E-state index in [0.717, 1.165) is 27.3 Å². The zero-order valence-electron chi connectivity index (χ0n) is 15.2. The lowest BCUT2D eigenvalue weighted by molar-refractivity contribution is 0.0696. The molecule has 7 heteroatoms. The van der Waals surface area contributed by atoms with Crippen LogP contribution in [0.4, 0.5) is 5.95 Å². The van der Waals surface area contributed by atoms with Crippen LogP contribution < -0.4 is 9.46 Å². The highest BCUT2D eigenvalue weighted by Crippen LogP contribution is 2.29. The second-order valence-corrected chi connectivity index (χ2v) is 6.80. The lowest BCUT2D eigenvalue weighted by Gasteiger charge is -2.12. The first kappa shape index (κ1) is 18.7.